The molecule has 0 amide bonds. The van der Waals surface area contributed by atoms with Crippen molar-refractivity contribution in [1.29, 1.82) is 0 Å². The zero-order valence-electron chi connectivity index (χ0n) is 8.44. The van der Waals surface area contributed by atoms with Gasteiger partial charge >= 0.3 is 8.26 Å². The van der Waals surface area contributed by atoms with E-state index in [0.717, 1.165) is 5.76 Å². The molecule has 0 aromatic heterocycles. The van der Waals surface area contributed by atoms with E-state index in [0.29, 0.717) is 18.6 Å². The normalized spacial score (nSPS) is 14.4. The number of halogens is 2. The molecule has 90 valence electrons. The quantitative estimate of drug-likeness (QED) is 0.577. The molecule has 0 radical (unpaired) electrons. The van der Waals surface area contributed by atoms with Crippen LogP contribution in [0.25, 0.3) is 0 Å². The molecule has 7 heteroatoms. The van der Waals surface area contributed by atoms with Gasteiger partial charge in [0, 0.05) is 33.4 Å². The first-order chi connectivity index (χ1) is 7.36. The maximum Gasteiger partial charge on any atom is 0.317 e. The van der Waals surface area contributed by atoms with Crippen LogP contribution in [0.15, 0.2) is 29.6 Å². The highest BCUT2D eigenvalue weighted by atomic mass is 36.0. The first kappa shape index (κ1) is 15.3. The molecule has 1 rings (SSSR count). The highest BCUT2D eigenvalue weighted by Crippen LogP contribution is 2.15. The lowest BCUT2D eigenvalue weighted by atomic mass is 10.1. The van der Waals surface area contributed by atoms with E-state index in [9.17, 15) is 4.79 Å². The largest absolute Gasteiger partial charge is 0.498 e. The van der Waals surface area contributed by atoms with Crippen molar-refractivity contribution in [2.24, 2.45) is 0 Å². The Labute approximate surface area is 103 Å². The summed E-state index contributed by atoms with van der Waals surface area (Å²) in [5, 5.41) is 0. The summed E-state index contributed by atoms with van der Waals surface area (Å²) in [6.07, 6.45) is 5.99. The van der Waals surface area contributed by atoms with Crippen LogP contribution in [-0.2, 0) is 17.8 Å². The fourth-order valence-electron chi connectivity index (χ4n) is 0.932. The molecule has 0 aromatic rings. The Morgan fingerprint density at radius 2 is 2.06 bits per heavy atom. The van der Waals surface area contributed by atoms with Crippen molar-refractivity contribution < 1.29 is 17.9 Å². The SMILES string of the molecule is CCOC1=CC=CC(=C=O)C1.O=S(=O)(Cl)Cl. The third-order valence-corrected chi connectivity index (χ3v) is 1.41. The predicted molar refractivity (Wildman–Crippen MR) is 63.3 cm³/mol. The van der Waals surface area contributed by atoms with Gasteiger partial charge in [-0.1, -0.05) is 6.08 Å². The number of carbonyl (C=O) groups excluding carboxylic acids is 1. The van der Waals surface area contributed by atoms with Crippen LogP contribution < -0.4 is 0 Å². The predicted octanol–water partition coefficient (Wildman–Crippen LogP) is 2.33. The third kappa shape index (κ3) is 9.80. The monoisotopic (exact) mass is 284 g/mol. The molecule has 16 heavy (non-hydrogen) atoms. The Morgan fingerprint density at radius 3 is 2.50 bits per heavy atom. The van der Waals surface area contributed by atoms with E-state index in [2.05, 4.69) is 21.4 Å². The first-order valence-electron chi connectivity index (χ1n) is 4.25. The Bertz CT molecular complexity index is 422. The van der Waals surface area contributed by atoms with Gasteiger partial charge in [-0.05, 0) is 19.1 Å². The van der Waals surface area contributed by atoms with Gasteiger partial charge in [0.2, 0.25) is 0 Å². The molecule has 0 heterocycles. The summed E-state index contributed by atoms with van der Waals surface area (Å²) in [5.41, 5.74) is 0.649. The second-order valence-electron chi connectivity index (χ2n) is 2.61. The highest BCUT2D eigenvalue weighted by Gasteiger charge is 2.04. The summed E-state index contributed by atoms with van der Waals surface area (Å²) in [6, 6.07) is 0. The van der Waals surface area contributed by atoms with Crippen LogP contribution in [0.4, 0.5) is 0 Å². The topological polar surface area (TPSA) is 60.4 Å². The van der Waals surface area contributed by atoms with Crippen molar-refractivity contribution >= 4 is 35.6 Å². The number of hydrogen-bond acceptors (Lipinski definition) is 4. The van der Waals surface area contributed by atoms with Crippen molar-refractivity contribution in [2.75, 3.05) is 6.61 Å². The lowest BCUT2D eigenvalue weighted by Crippen LogP contribution is -1.96. The minimum absolute atomic E-state index is 0.577. The number of hydrogen-bond donors (Lipinski definition) is 0. The molecule has 0 spiro atoms. The van der Waals surface area contributed by atoms with E-state index in [4.69, 9.17) is 13.2 Å². The van der Waals surface area contributed by atoms with E-state index >= 15 is 0 Å². The van der Waals surface area contributed by atoms with Gasteiger partial charge in [0.05, 0.1) is 6.61 Å². The number of allylic oxidation sites excluding steroid dienone is 4. The zero-order valence-corrected chi connectivity index (χ0v) is 10.8. The van der Waals surface area contributed by atoms with Crippen molar-refractivity contribution in [2.45, 2.75) is 13.3 Å². The van der Waals surface area contributed by atoms with Gasteiger partial charge in [-0.25, -0.2) is 4.79 Å². The first-order valence-corrected chi connectivity index (χ1v) is 7.38. The van der Waals surface area contributed by atoms with E-state index in [1.54, 1.807) is 12.2 Å². The van der Waals surface area contributed by atoms with Gasteiger partial charge in [0.15, 0.2) is 0 Å². The molecule has 0 unspecified atom stereocenters. The van der Waals surface area contributed by atoms with Crippen LogP contribution in [-0.4, -0.2) is 21.0 Å². The second-order valence-corrected chi connectivity index (χ2v) is 6.28. The summed E-state index contributed by atoms with van der Waals surface area (Å²) in [6.45, 7) is 2.56. The zero-order chi connectivity index (χ0) is 12.6. The van der Waals surface area contributed by atoms with E-state index in [-0.39, 0.29) is 0 Å². The molecule has 0 saturated heterocycles. The van der Waals surface area contributed by atoms with Crippen LogP contribution in [0, 0.1) is 0 Å². The van der Waals surface area contributed by atoms with Crippen molar-refractivity contribution in [3.63, 3.8) is 0 Å². The Balaban J connectivity index is 0.000000385. The molecule has 0 atom stereocenters. The summed E-state index contributed by atoms with van der Waals surface area (Å²) >= 11 is 0. The van der Waals surface area contributed by atoms with Gasteiger partial charge in [-0.3, -0.25) is 0 Å². The second kappa shape index (κ2) is 7.52. The molecule has 0 aromatic carbocycles. The molecule has 0 N–H and O–H groups in total. The lowest BCUT2D eigenvalue weighted by molar-refractivity contribution is 0.223. The van der Waals surface area contributed by atoms with Crippen molar-refractivity contribution in [3.05, 3.63) is 29.6 Å². The fraction of sp³-hybridized carbons (Fsp3) is 0.333. The van der Waals surface area contributed by atoms with E-state index in [1.165, 1.54) is 0 Å². The summed E-state index contributed by atoms with van der Waals surface area (Å²) in [4.78, 5) is 10.2. The molecule has 1 aliphatic rings. The number of rotatable bonds is 2. The van der Waals surface area contributed by atoms with Crippen molar-refractivity contribution in [3.8, 4) is 0 Å². The molecular weight excluding hydrogens is 275 g/mol. The molecule has 0 aliphatic heterocycles. The van der Waals surface area contributed by atoms with Gasteiger partial charge in [-0.2, -0.15) is 8.42 Å². The molecule has 0 bridgehead atoms. The summed E-state index contributed by atoms with van der Waals surface area (Å²) in [5.74, 6) is 2.69. The Kier molecular flexibility index (Phi) is 7.17. The van der Waals surface area contributed by atoms with Crippen molar-refractivity contribution in [1.82, 2.24) is 0 Å². The standard InChI is InChI=1S/C9H10O2.Cl2O2S/c1-2-11-9-5-3-4-8(6-9)7-10;1-5(2,3)4/h3-5H,2,6H2,1H3;. The van der Waals surface area contributed by atoms with Crippen LogP contribution in [0.3, 0.4) is 0 Å². The smallest absolute Gasteiger partial charge is 0.317 e. The van der Waals surface area contributed by atoms with Gasteiger partial charge in [-0.15, -0.1) is 0 Å². The van der Waals surface area contributed by atoms with Crippen LogP contribution in [0.2, 0.25) is 0 Å². The molecular formula is C9H10Cl2O4S. The van der Waals surface area contributed by atoms with Crippen LogP contribution >= 0.6 is 21.4 Å². The molecule has 1 aliphatic carbocycles. The molecule has 4 nitrogen and oxygen atoms in total. The van der Waals surface area contributed by atoms with Crippen LogP contribution in [0.1, 0.15) is 13.3 Å². The third-order valence-electron chi connectivity index (χ3n) is 1.41. The minimum atomic E-state index is -3.72. The lowest BCUT2D eigenvalue weighted by Gasteiger charge is -2.09. The molecule has 0 saturated carbocycles. The van der Waals surface area contributed by atoms with Crippen LogP contribution in [0.5, 0.6) is 0 Å². The minimum Gasteiger partial charge on any atom is -0.498 e. The number of ether oxygens (including phenoxy) is 1. The Morgan fingerprint density at radius 1 is 1.50 bits per heavy atom. The van der Waals surface area contributed by atoms with E-state index < -0.39 is 8.26 Å². The fourth-order valence-corrected chi connectivity index (χ4v) is 0.932. The van der Waals surface area contributed by atoms with Gasteiger partial charge < -0.3 is 4.74 Å². The maximum absolute atomic E-state index is 10.2. The summed E-state index contributed by atoms with van der Waals surface area (Å²) < 4.78 is 23.6. The summed E-state index contributed by atoms with van der Waals surface area (Å²) in [7, 11) is 4.81. The highest BCUT2D eigenvalue weighted by molar-refractivity contribution is 8.31. The average molecular weight is 285 g/mol. The average Bonchev–Trinajstić information content (AvgIpc) is 2.16. The Hall–Kier alpha value is -0.740. The van der Waals surface area contributed by atoms with Gasteiger partial charge in [0.1, 0.15) is 11.7 Å². The maximum atomic E-state index is 10.2. The molecule has 0 fully saturated rings. The van der Waals surface area contributed by atoms with E-state index in [1.807, 2.05) is 18.9 Å². The van der Waals surface area contributed by atoms with Gasteiger partial charge in [0.25, 0.3) is 0 Å².